The van der Waals surface area contributed by atoms with E-state index in [-0.39, 0.29) is 5.91 Å². The van der Waals surface area contributed by atoms with Crippen LogP contribution in [-0.2, 0) is 11.3 Å². The van der Waals surface area contributed by atoms with Gasteiger partial charge in [-0.3, -0.25) is 4.79 Å². The average molecular weight is 265 g/mol. The highest BCUT2D eigenvalue weighted by atomic mass is 16.1. The minimum absolute atomic E-state index is 0.148. The van der Waals surface area contributed by atoms with Crippen LogP contribution in [0.4, 0.5) is 0 Å². The third-order valence-electron chi connectivity index (χ3n) is 3.58. The van der Waals surface area contributed by atoms with E-state index in [2.05, 4.69) is 23.7 Å². The van der Waals surface area contributed by atoms with E-state index in [4.69, 9.17) is 5.73 Å². The van der Waals surface area contributed by atoms with Crippen LogP contribution in [0.3, 0.4) is 0 Å². The fourth-order valence-electron chi connectivity index (χ4n) is 2.27. The van der Waals surface area contributed by atoms with Crippen LogP contribution >= 0.6 is 0 Å². The first-order valence-electron chi connectivity index (χ1n) is 7.21. The molecule has 0 spiro atoms. The molecule has 4 heteroatoms. The molecule has 1 aromatic rings. The summed E-state index contributed by atoms with van der Waals surface area (Å²) in [4.78, 5) is 11.8. The van der Waals surface area contributed by atoms with E-state index in [9.17, 15) is 4.79 Å². The predicted octanol–water partition coefficient (Wildman–Crippen LogP) is 2.01. The quantitative estimate of drug-likeness (QED) is 0.717. The Bertz CT molecular complexity index is 346. The smallest absolute Gasteiger partial charge is 0.220 e. The molecule has 0 aliphatic carbocycles. The van der Waals surface area contributed by atoms with Gasteiger partial charge in [0.15, 0.2) is 0 Å². The fourth-order valence-corrected chi connectivity index (χ4v) is 2.27. The van der Waals surface area contributed by atoms with Crippen molar-refractivity contribution in [1.29, 1.82) is 0 Å². The summed E-state index contributed by atoms with van der Waals surface area (Å²) in [5.74, 6) is 1.30. The van der Waals surface area contributed by atoms with Crippen molar-refractivity contribution in [3.8, 4) is 0 Å². The van der Waals surface area contributed by atoms with Gasteiger partial charge in [0.1, 0.15) is 0 Å². The summed E-state index contributed by atoms with van der Waals surface area (Å²) in [5.41, 5.74) is 5.60. The minimum Gasteiger partial charge on any atom is -0.354 e. The fraction of sp³-hybridized carbons (Fsp3) is 0.667. The predicted molar refractivity (Wildman–Crippen MR) is 78.7 cm³/mol. The van der Waals surface area contributed by atoms with E-state index in [1.54, 1.807) is 0 Å². The van der Waals surface area contributed by atoms with E-state index < -0.39 is 0 Å². The van der Waals surface area contributed by atoms with E-state index in [1.807, 2.05) is 24.5 Å². The highest BCUT2D eigenvalue weighted by Crippen LogP contribution is 2.20. The maximum absolute atomic E-state index is 11.8. The van der Waals surface area contributed by atoms with Gasteiger partial charge in [-0.15, -0.1) is 0 Å². The van der Waals surface area contributed by atoms with Gasteiger partial charge in [0.25, 0.3) is 0 Å². The summed E-state index contributed by atoms with van der Waals surface area (Å²) < 4.78 is 2.06. The van der Waals surface area contributed by atoms with Crippen molar-refractivity contribution in [1.82, 2.24) is 9.88 Å². The number of rotatable bonds is 9. The Morgan fingerprint density at radius 3 is 2.53 bits per heavy atom. The largest absolute Gasteiger partial charge is 0.354 e. The molecule has 108 valence electrons. The molecular formula is C15H27N3O. The molecule has 0 aromatic carbocycles. The molecular weight excluding hydrogens is 238 g/mol. The van der Waals surface area contributed by atoms with Gasteiger partial charge in [0, 0.05) is 31.9 Å². The Kier molecular flexibility index (Phi) is 7.26. The SMILES string of the molecule is CC(C)C(CCN)CCC(=O)NCCn1cccc1. The zero-order valence-electron chi connectivity index (χ0n) is 12.1. The number of carbonyl (C=O) groups excluding carboxylic acids is 1. The maximum atomic E-state index is 11.8. The summed E-state index contributed by atoms with van der Waals surface area (Å²) >= 11 is 0. The maximum Gasteiger partial charge on any atom is 0.220 e. The van der Waals surface area contributed by atoms with E-state index in [0.29, 0.717) is 31.3 Å². The van der Waals surface area contributed by atoms with E-state index >= 15 is 0 Å². The second-order valence-electron chi connectivity index (χ2n) is 5.39. The lowest BCUT2D eigenvalue weighted by Crippen LogP contribution is -2.27. The Labute approximate surface area is 116 Å². The molecule has 1 aromatic heterocycles. The molecule has 0 fully saturated rings. The molecule has 3 N–H and O–H groups in total. The van der Waals surface area contributed by atoms with Crippen LogP contribution in [0.5, 0.6) is 0 Å². The van der Waals surface area contributed by atoms with Gasteiger partial charge in [0.2, 0.25) is 5.91 Å². The Morgan fingerprint density at radius 2 is 1.95 bits per heavy atom. The lowest BCUT2D eigenvalue weighted by Gasteiger charge is -2.19. The highest BCUT2D eigenvalue weighted by Gasteiger charge is 2.14. The number of hydrogen-bond donors (Lipinski definition) is 2. The number of nitrogens with two attached hydrogens (primary N) is 1. The van der Waals surface area contributed by atoms with Crippen molar-refractivity contribution >= 4 is 5.91 Å². The van der Waals surface area contributed by atoms with Crippen LogP contribution in [0.15, 0.2) is 24.5 Å². The molecule has 0 aliphatic heterocycles. The van der Waals surface area contributed by atoms with Crippen molar-refractivity contribution in [3.05, 3.63) is 24.5 Å². The van der Waals surface area contributed by atoms with E-state index in [1.165, 1.54) is 0 Å². The molecule has 0 aliphatic rings. The Hall–Kier alpha value is -1.29. The topological polar surface area (TPSA) is 60.1 Å². The first-order chi connectivity index (χ1) is 9.13. The zero-order chi connectivity index (χ0) is 14.1. The lowest BCUT2D eigenvalue weighted by atomic mass is 9.88. The van der Waals surface area contributed by atoms with Gasteiger partial charge < -0.3 is 15.6 Å². The first kappa shape index (κ1) is 15.8. The molecule has 1 heterocycles. The van der Waals surface area contributed by atoms with Crippen LogP contribution in [0.1, 0.15) is 33.1 Å². The zero-order valence-corrected chi connectivity index (χ0v) is 12.1. The number of nitrogens with one attached hydrogen (secondary N) is 1. The summed E-state index contributed by atoms with van der Waals surface area (Å²) in [7, 11) is 0. The van der Waals surface area contributed by atoms with Crippen molar-refractivity contribution in [3.63, 3.8) is 0 Å². The van der Waals surface area contributed by atoms with Gasteiger partial charge in [-0.1, -0.05) is 13.8 Å². The van der Waals surface area contributed by atoms with Gasteiger partial charge in [0.05, 0.1) is 0 Å². The number of amides is 1. The van der Waals surface area contributed by atoms with Gasteiger partial charge in [-0.25, -0.2) is 0 Å². The standard InChI is InChI=1S/C15H27N3O/c1-13(2)14(7-8-16)5-6-15(19)17-9-12-18-10-3-4-11-18/h3-4,10-11,13-14H,5-9,12,16H2,1-2H3,(H,17,19). The van der Waals surface area contributed by atoms with Crippen molar-refractivity contribution in [2.75, 3.05) is 13.1 Å². The highest BCUT2D eigenvalue weighted by molar-refractivity contribution is 5.75. The van der Waals surface area contributed by atoms with Crippen molar-refractivity contribution in [2.24, 2.45) is 17.6 Å². The molecule has 0 saturated heterocycles. The van der Waals surface area contributed by atoms with E-state index in [0.717, 1.165) is 19.4 Å². The summed E-state index contributed by atoms with van der Waals surface area (Å²) in [5, 5.41) is 2.97. The first-order valence-corrected chi connectivity index (χ1v) is 7.21. The number of carbonyl (C=O) groups is 1. The van der Waals surface area contributed by atoms with Crippen molar-refractivity contribution in [2.45, 2.75) is 39.7 Å². The molecule has 4 nitrogen and oxygen atoms in total. The molecule has 0 bridgehead atoms. The van der Waals surface area contributed by atoms with Gasteiger partial charge >= 0.3 is 0 Å². The minimum atomic E-state index is 0.148. The lowest BCUT2D eigenvalue weighted by molar-refractivity contribution is -0.121. The average Bonchev–Trinajstić information content (AvgIpc) is 2.87. The molecule has 0 saturated carbocycles. The molecule has 1 unspecified atom stereocenters. The molecule has 0 radical (unpaired) electrons. The monoisotopic (exact) mass is 265 g/mol. The molecule has 1 amide bonds. The van der Waals surface area contributed by atoms with Crippen LogP contribution < -0.4 is 11.1 Å². The number of hydrogen-bond acceptors (Lipinski definition) is 2. The second kappa shape index (κ2) is 8.75. The third kappa shape index (κ3) is 6.43. The third-order valence-corrected chi connectivity index (χ3v) is 3.58. The Balaban J connectivity index is 2.16. The summed E-state index contributed by atoms with van der Waals surface area (Å²) in [6.45, 7) is 6.62. The molecule has 1 rings (SSSR count). The second-order valence-corrected chi connectivity index (χ2v) is 5.39. The molecule has 1 atom stereocenters. The van der Waals surface area contributed by atoms with Gasteiger partial charge in [-0.05, 0) is 43.4 Å². The summed E-state index contributed by atoms with van der Waals surface area (Å²) in [6.07, 6.45) is 6.55. The van der Waals surface area contributed by atoms with Crippen molar-refractivity contribution < 1.29 is 4.79 Å². The van der Waals surface area contributed by atoms with Crippen LogP contribution in [0, 0.1) is 11.8 Å². The number of aromatic nitrogens is 1. The van der Waals surface area contributed by atoms with Crippen LogP contribution in [-0.4, -0.2) is 23.6 Å². The van der Waals surface area contributed by atoms with Crippen LogP contribution in [0.2, 0.25) is 0 Å². The molecule has 19 heavy (non-hydrogen) atoms. The normalized spacial score (nSPS) is 12.6. The number of nitrogens with zero attached hydrogens (tertiary/aromatic N) is 1. The summed E-state index contributed by atoms with van der Waals surface area (Å²) in [6, 6.07) is 3.98. The van der Waals surface area contributed by atoms with Gasteiger partial charge in [-0.2, -0.15) is 0 Å². The Morgan fingerprint density at radius 1 is 1.26 bits per heavy atom. The van der Waals surface area contributed by atoms with Crippen LogP contribution in [0.25, 0.3) is 0 Å².